The molecule has 5 rings (SSSR count). The molecule has 4 unspecified atom stereocenters. The molecule has 5 heteroatoms. The summed E-state index contributed by atoms with van der Waals surface area (Å²) in [5, 5.41) is 0. The maximum absolute atomic E-state index is 13.6. The number of methoxy groups -OCH3 is 1. The number of esters is 1. The van der Waals surface area contributed by atoms with Crippen LogP contribution in [0.5, 0.6) is 5.75 Å². The smallest absolute Gasteiger partial charge is 0.321 e. The molecule has 4 aliphatic rings. The van der Waals surface area contributed by atoms with Gasteiger partial charge in [-0.3, -0.25) is 14.5 Å². The minimum absolute atomic E-state index is 0.0645. The Balaban J connectivity index is 1.79. The molecule has 4 bridgehead atoms. The van der Waals surface area contributed by atoms with Gasteiger partial charge in [0.15, 0.2) is 5.78 Å². The third-order valence-corrected chi connectivity index (χ3v) is 8.28. The van der Waals surface area contributed by atoms with Crippen molar-refractivity contribution in [2.24, 2.45) is 11.3 Å². The van der Waals surface area contributed by atoms with Crippen LogP contribution in [0.4, 0.5) is 0 Å². The van der Waals surface area contributed by atoms with Crippen molar-refractivity contribution in [1.29, 1.82) is 0 Å². The van der Waals surface area contributed by atoms with Crippen LogP contribution in [0.2, 0.25) is 0 Å². The quantitative estimate of drug-likeness (QED) is 0.501. The lowest BCUT2D eigenvalue weighted by atomic mass is 9.45. The van der Waals surface area contributed by atoms with Gasteiger partial charge in [-0.1, -0.05) is 26.3 Å². The molecule has 2 aliphatic heterocycles. The highest BCUT2D eigenvalue weighted by atomic mass is 16.5. The SMILES string of the molecule is CCCCC(=O)C1(C(=O)OCC)CC2C3Cc4ccc(OC)cc4[C@]2(C)CC1N3C. The van der Waals surface area contributed by atoms with Crippen molar-refractivity contribution in [2.45, 2.75) is 76.8 Å². The van der Waals surface area contributed by atoms with Gasteiger partial charge in [0.1, 0.15) is 11.2 Å². The molecule has 164 valence electrons. The van der Waals surface area contributed by atoms with Crippen molar-refractivity contribution in [3.8, 4) is 5.75 Å². The first kappa shape index (κ1) is 21.4. The minimum atomic E-state index is -1.03. The summed E-state index contributed by atoms with van der Waals surface area (Å²) < 4.78 is 11.1. The molecule has 2 heterocycles. The molecule has 5 nitrogen and oxygen atoms in total. The van der Waals surface area contributed by atoms with Gasteiger partial charge in [0.05, 0.1) is 13.7 Å². The second-order valence-corrected chi connectivity index (χ2v) is 9.63. The number of benzene rings is 1. The van der Waals surface area contributed by atoms with Crippen molar-refractivity contribution in [3.63, 3.8) is 0 Å². The van der Waals surface area contributed by atoms with E-state index in [4.69, 9.17) is 9.47 Å². The number of piperidine rings is 2. The van der Waals surface area contributed by atoms with E-state index in [0.29, 0.717) is 25.5 Å². The Hall–Kier alpha value is -1.88. The number of fused-ring (bicyclic) bond motifs is 2. The van der Waals surface area contributed by atoms with Crippen molar-refractivity contribution in [2.75, 3.05) is 20.8 Å². The van der Waals surface area contributed by atoms with E-state index in [9.17, 15) is 9.59 Å². The number of ketones is 1. The second-order valence-electron chi connectivity index (χ2n) is 9.63. The Morgan fingerprint density at radius 3 is 2.67 bits per heavy atom. The highest BCUT2D eigenvalue weighted by Crippen LogP contribution is 2.62. The monoisotopic (exact) mass is 413 g/mol. The second kappa shape index (κ2) is 7.67. The molecule has 0 aromatic heterocycles. The fourth-order valence-electron chi connectivity index (χ4n) is 6.67. The predicted octanol–water partition coefficient (Wildman–Crippen LogP) is 3.91. The van der Waals surface area contributed by atoms with E-state index >= 15 is 0 Å². The zero-order valence-electron chi connectivity index (χ0n) is 19.0. The fourth-order valence-corrected chi connectivity index (χ4v) is 6.67. The number of ether oxygens (including phenoxy) is 2. The van der Waals surface area contributed by atoms with E-state index in [-0.39, 0.29) is 29.1 Å². The fraction of sp³-hybridized carbons (Fsp3) is 0.680. The Morgan fingerprint density at radius 2 is 2.00 bits per heavy atom. The first-order chi connectivity index (χ1) is 14.3. The van der Waals surface area contributed by atoms with Gasteiger partial charge in [0.25, 0.3) is 0 Å². The molecule has 0 amide bonds. The molecular formula is C25H35NO4. The molecular weight excluding hydrogens is 378 g/mol. The summed E-state index contributed by atoms with van der Waals surface area (Å²) in [5.41, 5.74) is 1.60. The summed E-state index contributed by atoms with van der Waals surface area (Å²) in [7, 11) is 3.81. The lowest BCUT2D eigenvalue weighted by Crippen LogP contribution is -2.74. The number of likely N-dealkylation sites (N-methyl/N-ethyl adjacent to an activating group) is 1. The predicted molar refractivity (Wildman–Crippen MR) is 116 cm³/mol. The highest BCUT2D eigenvalue weighted by Gasteiger charge is 2.69. The van der Waals surface area contributed by atoms with E-state index in [1.54, 1.807) is 7.11 Å². The lowest BCUT2D eigenvalue weighted by Gasteiger charge is -2.66. The molecule has 1 saturated carbocycles. The van der Waals surface area contributed by atoms with E-state index in [2.05, 4.69) is 37.9 Å². The van der Waals surface area contributed by atoms with Crippen LogP contribution in [-0.4, -0.2) is 49.5 Å². The number of hydrogen-bond donors (Lipinski definition) is 0. The Kier molecular flexibility index (Phi) is 5.46. The van der Waals surface area contributed by atoms with Crippen LogP contribution in [0.15, 0.2) is 18.2 Å². The first-order valence-electron chi connectivity index (χ1n) is 11.4. The van der Waals surface area contributed by atoms with Crippen molar-refractivity contribution >= 4 is 11.8 Å². The van der Waals surface area contributed by atoms with Gasteiger partial charge in [-0.2, -0.15) is 0 Å². The molecule has 2 aliphatic carbocycles. The maximum Gasteiger partial charge on any atom is 0.321 e. The van der Waals surface area contributed by atoms with Crippen molar-refractivity contribution < 1.29 is 19.1 Å². The number of nitrogens with zero attached hydrogens (tertiary/aromatic N) is 1. The first-order valence-corrected chi connectivity index (χ1v) is 11.4. The molecule has 30 heavy (non-hydrogen) atoms. The third-order valence-electron chi connectivity index (χ3n) is 8.28. The van der Waals surface area contributed by atoms with E-state index < -0.39 is 5.41 Å². The van der Waals surface area contributed by atoms with Gasteiger partial charge in [-0.25, -0.2) is 0 Å². The van der Waals surface area contributed by atoms with E-state index in [0.717, 1.165) is 31.4 Å². The summed E-state index contributed by atoms with van der Waals surface area (Å²) in [4.78, 5) is 29.2. The lowest BCUT2D eigenvalue weighted by molar-refractivity contribution is -0.189. The van der Waals surface area contributed by atoms with Gasteiger partial charge in [0.2, 0.25) is 0 Å². The summed E-state index contributed by atoms with van der Waals surface area (Å²) in [6.45, 7) is 6.54. The minimum Gasteiger partial charge on any atom is -0.497 e. The number of carbonyl (C=O) groups excluding carboxylic acids is 2. The van der Waals surface area contributed by atoms with Gasteiger partial charge < -0.3 is 9.47 Å². The number of carbonyl (C=O) groups is 2. The van der Waals surface area contributed by atoms with Crippen LogP contribution in [0, 0.1) is 11.3 Å². The Morgan fingerprint density at radius 1 is 1.23 bits per heavy atom. The van der Waals surface area contributed by atoms with E-state index in [1.165, 1.54) is 11.1 Å². The van der Waals surface area contributed by atoms with Crippen LogP contribution in [0.1, 0.15) is 64.0 Å². The van der Waals surface area contributed by atoms with Gasteiger partial charge in [-0.05, 0) is 74.2 Å². The number of rotatable bonds is 7. The Bertz CT molecular complexity index is 852. The Labute approximate surface area is 180 Å². The molecule has 0 radical (unpaired) electrons. The summed E-state index contributed by atoms with van der Waals surface area (Å²) in [6, 6.07) is 6.63. The molecule has 3 fully saturated rings. The number of Topliss-reactive ketones (excluding diaryl/α,β-unsaturated/α-hetero) is 1. The van der Waals surface area contributed by atoms with Crippen molar-refractivity contribution in [3.05, 3.63) is 29.3 Å². The summed E-state index contributed by atoms with van der Waals surface area (Å²) >= 11 is 0. The molecule has 5 atom stereocenters. The summed E-state index contributed by atoms with van der Waals surface area (Å²) in [6.07, 6.45) is 4.57. The normalized spacial score (nSPS) is 34.4. The van der Waals surface area contributed by atoms with Crippen LogP contribution in [0.25, 0.3) is 0 Å². The molecule has 0 spiro atoms. The van der Waals surface area contributed by atoms with Crippen LogP contribution < -0.4 is 4.74 Å². The van der Waals surface area contributed by atoms with Gasteiger partial charge in [0, 0.05) is 18.5 Å². The van der Waals surface area contributed by atoms with Crippen LogP contribution in [0.3, 0.4) is 0 Å². The average molecular weight is 414 g/mol. The molecule has 1 aromatic rings. The van der Waals surface area contributed by atoms with Gasteiger partial charge in [-0.15, -0.1) is 0 Å². The topological polar surface area (TPSA) is 55.8 Å². The summed E-state index contributed by atoms with van der Waals surface area (Å²) in [5.74, 6) is 0.887. The maximum atomic E-state index is 13.6. The zero-order valence-corrected chi connectivity index (χ0v) is 19.0. The van der Waals surface area contributed by atoms with E-state index in [1.807, 2.05) is 13.0 Å². The molecule has 0 N–H and O–H groups in total. The zero-order chi connectivity index (χ0) is 21.7. The van der Waals surface area contributed by atoms with Crippen LogP contribution >= 0.6 is 0 Å². The largest absolute Gasteiger partial charge is 0.497 e. The molecule has 2 saturated heterocycles. The number of hydrogen-bond acceptors (Lipinski definition) is 5. The number of unbranched alkanes of at least 4 members (excludes halogenated alkanes) is 1. The third kappa shape index (κ3) is 2.84. The average Bonchev–Trinajstić information content (AvgIpc) is 2.74. The molecule has 1 aromatic carbocycles. The highest BCUT2D eigenvalue weighted by molar-refractivity contribution is 6.05. The standard InChI is InChI=1S/C25H35NO4/c1-6-8-9-22(27)25(23(28)30-7-2)14-19-20-12-16-10-11-17(29-5)13-18(16)24(19,3)15-21(25)26(20)4/h10-11,13,19-21H,6-9,12,14-15H2,1-5H3/t19?,20?,21?,24-,25?/m0/s1. The van der Waals surface area contributed by atoms with Gasteiger partial charge >= 0.3 is 5.97 Å². The van der Waals surface area contributed by atoms with Crippen molar-refractivity contribution in [1.82, 2.24) is 4.90 Å². The van der Waals surface area contributed by atoms with Crippen LogP contribution in [-0.2, 0) is 26.2 Å².